The number of aryl methyl sites for hydroxylation is 2. The number of aromatic nitrogens is 2. The second-order valence-electron chi connectivity index (χ2n) is 3.99. The lowest BCUT2D eigenvalue weighted by Gasteiger charge is -2.08. The Morgan fingerprint density at radius 2 is 1.89 bits per heavy atom. The smallest absolute Gasteiger partial charge is 0.135 e. The van der Waals surface area contributed by atoms with Gasteiger partial charge < -0.3 is 5.32 Å². The van der Waals surface area contributed by atoms with E-state index in [4.69, 9.17) is 0 Å². The fraction of sp³-hybridized carbons (Fsp3) is 0.231. The Morgan fingerprint density at radius 3 is 2.56 bits per heavy atom. The molecule has 0 saturated carbocycles. The largest absolute Gasteiger partial charge is 0.340 e. The molecule has 0 bridgehead atoms. The summed E-state index contributed by atoms with van der Waals surface area (Å²) in [6.07, 6.45) is 0.811. The first-order valence-corrected chi connectivity index (χ1v) is 7.23. The summed E-state index contributed by atoms with van der Waals surface area (Å²) in [6.45, 7) is 4.10. The summed E-state index contributed by atoms with van der Waals surface area (Å²) >= 11 is 6.88. The van der Waals surface area contributed by atoms with Gasteiger partial charge in [0.25, 0.3) is 0 Å². The van der Waals surface area contributed by atoms with Gasteiger partial charge in [-0.3, -0.25) is 0 Å². The van der Waals surface area contributed by atoms with Crippen LogP contribution in [-0.2, 0) is 6.42 Å². The molecular formula is C13H13Br2N3. The van der Waals surface area contributed by atoms with Crippen molar-refractivity contribution in [2.24, 2.45) is 0 Å². The molecule has 0 fully saturated rings. The maximum Gasteiger partial charge on any atom is 0.135 e. The second kappa shape index (κ2) is 5.80. The number of nitrogens with zero attached hydrogens (tertiary/aromatic N) is 2. The Labute approximate surface area is 123 Å². The van der Waals surface area contributed by atoms with Crippen LogP contribution in [0.2, 0.25) is 0 Å². The lowest BCUT2D eigenvalue weighted by atomic mass is 10.2. The van der Waals surface area contributed by atoms with Crippen molar-refractivity contribution in [3.63, 3.8) is 0 Å². The predicted molar refractivity (Wildman–Crippen MR) is 81.3 cm³/mol. The Bertz CT molecular complexity index is 550. The maximum atomic E-state index is 4.44. The van der Waals surface area contributed by atoms with Crippen molar-refractivity contribution in [3.8, 4) is 0 Å². The third-order valence-corrected chi connectivity index (χ3v) is 3.24. The molecule has 0 unspecified atom stereocenters. The summed E-state index contributed by atoms with van der Waals surface area (Å²) in [5, 5.41) is 3.29. The number of hydrogen-bond donors (Lipinski definition) is 1. The van der Waals surface area contributed by atoms with E-state index in [1.807, 2.05) is 19.1 Å². The first-order valence-electron chi connectivity index (χ1n) is 5.64. The zero-order chi connectivity index (χ0) is 13.1. The van der Waals surface area contributed by atoms with Crippen LogP contribution in [0.3, 0.4) is 0 Å². The number of halogens is 2. The van der Waals surface area contributed by atoms with Crippen LogP contribution in [0.1, 0.15) is 18.3 Å². The van der Waals surface area contributed by atoms with Crippen LogP contribution in [0, 0.1) is 6.92 Å². The van der Waals surface area contributed by atoms with Crippen molar-refractivity contribution >= 4 is 43.4 Å². The molecule has 0 aliphatic rings. The molecule has 1 aromatic carbocycles. The van der Waals surface area contributed by atoms with E-state index in [0.29, 0.717) is 0 Å². The molecule has 5 heteroatoms. The van der Waals surface area contributed by atoms with Gasteiger partial charge in [0.15, 0.2) is 0 Å². The molecule has 0 spiro atoms. The quantitative estimate of drug-likeness (QED) is 0.801. The Balaban J connectivity index is 2.30. The molecule has 1 aromatic heterocycles. The molecule has 1 heterocycles. The lowest BCUT2D eigenvalue weighted by Crippen LogP contribution is -2.00. The molecule has 0 aliphatic heterocycles. The molecule has 2 aromatic rings. The summed E-state index contributed by atoms with van der Waals surface area (Å²) in [6, 6.07) is 8.04. The van der Waals surface area contributed by atoms with E-state index >= 15 is 0 Å². The van der Waals surface area contributed by atoms with Gasteiger partial charge in [-0.25, -0.2) is 9.97 Å². The highest BCUT2D eigenvalue weighted by Crippen LogP contribution is 2.23. The van der Waals surface area contributed by atoms with Gasteiger partial charge in [-0.1, -0.05) is 22.9 Å². The van der Waals surface area contributed by atoms with Crippen LogP contribution in [-0.4, -0.2) is 9.97 Å². The fourth-order valence-corrected chi connectivity index (χ4v) is 2.67. The van der Waals surface area contributed by atoms with Gasteiger partial charge in [-0.2, -0.15) is 0 Å². The summed E-state index contributed by atoms with van der Waals surface area (Å²) < 4.78 is 1.84. The number of hydrogen-bond acceptors (Lipinski definition) is 3. The number of nitrogens with one attached hydrogen (secondary N) is 1. The third-order valence-electron chi connectivity index (χ3n) is 2.37. The Hall–Kier alpha value is -0.940. The van der Waals surface area contributed by atoms with E-state index in [-0.39, 0.29) is 0 Å². The minimum absolute atomic E-state index is 0.795. The maximum absolute atomic E-state index is 4.44. The summed E-state index contributed by atoms with van der Waals surface area (Å²) in [4.78, 5) is 8.72. The predicted octanol–water partition coefficient (Wildman–Crippen LogP) is 4.62. The SMILES string of the molecule is CCc1nc(Br)cc(Nc2cc(C)cc(Br)c2)n1. The van der Waals surface area contributed by atoms with Crippen LogP contribution in [0.15, 0.2) is 33.3 Å². The van der Waals surface area contributed by atoms with Gasteiger partial charge in [0.05, 0.1) is 0 Å². The molecule has 0 atom stereocenters. The Morgan fingerprint density at radius 1 is 1.11 bits per heavy atom. The van der Waals surface area contributed by atoms with Crippen LogP contribution >= 0.6 is 31.9 Å². The van der Waals surface area contributed by atoms with Crippen LogP contribution in [0.25, 0.3) is 0 Å². The van der Waals surface area contributed by atoms with E-state index in [0.717, 1.165) is 32.8 Å². The first-order chi connectivity index (χ1) is 8.56. The van der Waals surface area contributed by atoms with E-state index < -0.39 is 0 Å². The van der Waals surface area contributed by atoms with E-state index in [9.17, 15) is 0 Å². The van der Waals surface area contributed by atoms with Crippen molar-refractivity contribution in [2.75, 3.05) is 5.32 Å². The highest BCUT2D eigenvalue weighted by molar-refractivity contribution is 9.10. The van der Waals surface area contributed by atoms with Gasteiger partial charge in [-0.05, 0) is 46.6 Å². The molecular weight excluding hydrogens is 358 g/mol. The van der Waals surface area contributed by atoms with Gasteiger partial charge in [-0.15, -0.1) is 0 Å². The highest BCUT2D eigenvalue weighted by atomic mass is 79.9. The molecule has 2 rings (SSSR count). The zero-order valence-corrected chi connectivity index (χ0v) is 13.3. The minimum Gasteiger partial charge on any atom is -0.340 e. The molecule has 3 nitrogen and oxygen atoms in total. The molecule has 94 valence electrons. The highest BCUT2D eigenvalue weighted by Gasteiger charge is 2.03. The summed E-state index contributed by atoms with van der Waals surface area (Å²) in [5.74, 6) is 1.62. The molecule has 0 radical (unpaired) electrons. The van der Waals surface area contributed by atoms with Gasteiger partial charge >= 0.3 is 0 Å². The normalized spacial score (nSPS) is 10.4. The van der Waals surface area contributed by atoms with Crippen molar-refractivity contribution in [1.82, 2.24) is 9.97 Å². The van der Waals surface area contributed by atoms with Crippen molar-refractivity contribution in [3.05, 3.63) is 44.7 Å². The van der Waals surface area contributed by atoms with E-state index in [2.05, 4.69) is 66.2 Å². The van der Waals surface area contributed by atoms with Crippen LogP contribution in [0.4, 0.5) is 11.5 Å². The lowest BCUT2D eigenvalue weighted by molar-refractivity contribution is 0.931. The first kappa shape index (κ1) is 13.5. The topological polar surface area (TPSA) is 37.8 Å². The van der Waals surface area contributed by atoms with E-state index in [1.165, 1.54) is 5.56 Å². The molecule has 1 N–H and O–H groups in total. The second-order valence-corrected chi connectivity index (χ2v) is 5.72. The van der Waals surface area contributed by atoms with Crippen LogP contribution in [0.5, 0.6) is 0 Å². The van der Waals surface area contributed by atoms with Crippen molar-refractivity contribution in [2.45, 2.75) is 20.3 Å². The van der Waals surface area contributed by atoms with Crippen LogP contribution < -0.4 is 5.32 Å². The van der Waals surface area contributed by atoms with Crippen molar-refractivity contribution < 1.29 is 0 Å². The summed E-state index contributed by atoms with van der Waals surface area (Å²) in [7, 11) is 0. The molecule has 0 amide bonds. The van der Waals surface area contributed by atoms with Crippen molar-refractivity contribution in [1.29, 1.82) is 0 Å². The van der Waals surface area contributed by atoms with E-state index in [1.54, 1.807) is 0 Å². The molecule has 0 saturated heterocycles. The number of rotatable bonds is 3. The average molecular weight is 371 g/mol. The average Bonchev–Trinajstić information content (AvgIpc) is 2.26. The summed E-state index contributed by atoms with van der Waals surface area (Å²) in [5.41, 5.74) is 2.20. The molecule has 0 aliphatic carbocycles. The number of benzene rings is 1. The number of anilines is 2. The monoisotopic (exact) mass is 369 g/mol. The van der Waals surface area contributed by atoms with Gasteiger partial charge in [0.2, 0.25) is 0 Å². The third kappa shape index (κ3) is 3.53. The van der Waals surface area contributed by atoms with Gasteiger partial charge in [0.1, 0.15) is 16.2 Å². The minimum atomic E-state index is 0.795. The van der Waals surface area contributed by atoms with Gasteiger partial charge in [0, 0.05) is 22.6 Å². The standard InChI is InChI=1S/C13H13Br2N3/c1-3-12-17-11(15)7-13(18-12)16-10-5-8(2)4-9(14)6-10/h4-7H,3H2,1-2H3,(H,16,17,18). The Kier molecular flexibility index (Phi) is 4.35. The fourth-order valence-electron chi connectivity index (χ4n) is 1.64. The zero-order valence-electron chi connectivity index (χ0n) is 10.2. The molecule has 18 heavy (non-hydrogen) atoms.